The van der Waals surface area contributed by atoms with Crippen LogP contribution in [0.1, 0.15) is 11.1 Å². The summed E-state index contributed by atoms with van der Waals surface area (Å²) in [6.45, 7) is 3.41. The summed E-state index contributed by atoms with van der Waals surface area (Å²) in [5.74, 6) is -0.343. The number of rotatable bonds is 6. The second-order valence-corrected chi connectivity index (χ2v) is 13.5. The highest BCUT2D eigenvalue weighted by molar-refractivity contribution is 7.70. The van der Waals surface area contributed by atoms with Gasteiger partial charge < -0.3 is 9.67 Å². The molecule has 0 radical (unpaired) electrons. The fraction of sp³-hybridized carbons (Fsp3) is 0.185. The van der Waals surface area contributed by atoms with Crippen molar-refractivity contribution in [3.8, 4) is 5.75 Å². The number of hydrogen-bond donors (Lipinski definition) is 1. The third-order valence-electron chi connectivity index (χ3n) is 6.29. The Morgan fingerprint density at radius 1 is 0.947 bits per heavy atom. The van der Waals surface area contributed by atoms with Gasteiger partial charge in [0.25, 0.3) is 5.56 Å². The van der Waals surface area contributed by atoms with Crippen molar-refractivity contribution in [3.05, 3.63) is 103 Å². The van der Waals surface area contributed by atoms with Gasteiger partial charge in [-0.15, -0.1) is 0 Å². The van der Waals surface area contributed by atoms with Gasteiger partial charge in [-0.2, -0.15) is 0 Å². The Morgan fingerprint density at radius 3 is 2.39 bits per heavy atom. The third kappa shape index (κ3) is 4.99. The Labute approximate surface area is 227 Å². The summed E-state index contributed by atoms with van der Waals surface area (Å²) in [5.41, 5.74) is 0.736. The highest BCUT2D eigenvalue weighted by Crippen LogP contribution is 2.34. The minimum absolute atomic E-state index is 0.0170. The van der Waals surface area contributed by atoms with Gasteiger partial charge in [-0.1, -0.05) is 41.4 Å². The van der Waals surface area contributed by atoms with Gasteiger partial charge in [0.2, 0.25) is 0 Å². The van der Waals surface area contributed by atoms with E-state index in [4.69, 9.17) is 23.2 Å². The van der Waals surface area contributed by atoms with E-state index < -0.39 is 18.4 Å². The fourth-order valence-corrected chi connectivity index (χ4v) is 5.92. The molecule has 0 bridgehead atoms. The van der Waals surface area contributed by atoms with Crippen LogP contribution in [-0.4, -0.2) is 37.5 Å². The smallest absolute Gasteiger partial charge is 0.332 e. The van der Waals surface area contributed by atoms with Crippen molar-refractivity contribution in [2.24, 2.45) is 0 Å². The van der Waals surface area contributed by atoms with Crippen LogP contribution in [0.15, 0.2) is 70.4 Å². The molecule has 38 heavy (non-hydrogen) atoms. The molecule has 2 aromatic carbocycles. The van der Waals surface area contributed by atoms with Gasteiger partial charge in [0.15, 0.2) is 11.4 Å². The first kappa shape index (κ1) is 26.2. The van der Waals surface area contributed by atoms with Crippen molar-refractivity contribution < 1.29 is 9.67 Å². The van der Waals surface area contributed by atoms with Gasteiger partial charge in [-0.25, -0.2) is 9.78 Å². The molecule has 0 unspecified atom stereocenters. The molecule has 0 fully saturated rings. The molecule has 1 N–H and O–H groups in total. The Kier molecular flexibility index (Phi) is 6.90. The van der Waals surface area contributed by atoms with Gasteiger partial charge in [0.05, 0.1) is 12.1 Å². The SMILES string of the molecule is CP(C)(=O)c1cccc(Cn2c(=O)n(CCc3cc(Cl)cc(Cl)c3)c(=O)c3c(O)c4ncccc4nc32)c1. The molecule has 3 heterocycles. The van der Waals surface area contributed by atoms with Crippen molar-refractivity contribution in [3.63, 3.8) is 0 Å². The van der Waals surface area contributed by atoms with Crippen LogP contribution in [-0.2, 0) is 24.1 Å². The standard InChI is InChI=1S/C27H23Cl2N4O4P/c1-38(2,37)20-6-3-5-17(13-20)15-33-25-22(24(34)23-21(31-25)7-4-9-30-23)26(35)32(27(33)36)10-8-16-11-18(28)14-19(29)12-16/h3-7,9,11-14H,8,10,15H2,1-2H3,(H,31,34). The van der Waals surface area contributed by atoms with Crippen molar-refractivity contribution in [1.29, 1.82) is 0 Å². The maximum atomic E-state index is 13.8. The van der Waals surface area contributed by atoms with E-state index in [9.17, 15) is 19.3 Å². The molecule has 0 amide bonds. The predicted molar refractivity (Wildman–Crippen MR) is 152 cm³/mol. The number of halogens is 2. The maximum absolute atomic E-state index is 13.8. The molecular weight excluding hydrogens is 546 g/mol. The lowest BCUT2D eigenvalue weighted by Gasteiger charge is -2.16. The van der Waals surface area contributed by atoms with Crippen molar-refractivity contribution >= 4 is 57.7 Å². The van der Waals surface area contributed by atoms with Crippen LogP contribution >= 0.6 is 30.3 Å². The largest absolute Gasteiger partial charge is 0.505 e. The summed E-state index contributed by atoms with van der Waals surface area (Å²) >= 11 is 12.2. The number of hydrogen-bond acceptors (Lipinski definition) is 6. The monoisotopic (exact) mass is 568 g/mol. The summed E-state index contributed by atoms with van der Waals surface area (Å²) in [7, 11) is -2.55. The summed E-state index contributed by atoms with van der Waals surface area (Å²) in [4.78, 5) is 36.1. The number of pyridine rings is 2. The Bertz CT molecular complexity index is 1880. The number of aryl methyl sites for hydroxylation is 1. The van der Waals surface area contributed by atoms with Gasteiger partial charge >= 0.3 is 5.69 Å². The molecule has 8 nitrogen and oxygen atoms in total. The summed E-state index contributed by atoms with van der Waals surface area (Å²) in [6.07, 6.45) is 1.79. The molecule has 0 spiro atoms. The second-order valence-electron chi connectivity index (χ2n) is 9.40. The topological polar surface area (TPSA) is 107 Å². The van der Waals surface area contributed by atoms with Crippen molar-refractivity contribution in [1.82, 2.24) is 19.1 Å². The zero-order valence-corrected chi connectivity index (χ0v) is 23.0. The van der Waals surface area contributed by atoms with E-state index in [1.807, 2.05) is 6.07 Å². The Morgan fingerprint density at radius 2 is 1.68 bits per heavy atom. The van der Waals surface area contributed by atoms with Crippen molar-refractivity contribution in [2.45, 2.75) is 19.5 Å². The first-order valence-electron chi connectivity index (χ1n) is 11.7. The lowest BCUT2D eigenvalue weighted by Crippen LogP contribution is -2.41. The van der Waals surface area contributed by atoms with E-state index in [0.717, 1.165) is 10.1 Å². The Balaban J connectivity index is 1.72. The molecule has 11 heteroatoms. The average Bonchev–Trinajstić information content (AvgIpc) is 2.85. The summed E-state index contributed by atoms with van der Waals surface area (Å²) < 4.78 is 15.1. The van der Waals surface area contributed by atoms with Crippen LogP contribution < -0.4 is 16.6 Å². The molecule has 5 aromatic rings. The molecule has 0 saturated heterocycles. The molecule has 0 aliphatic carbocycles. The van der Waals surface area contributed by atoms with E-state index in [-0.39, 0.29) is 35.4 Å². The van der Waals surface area contributed by atoms with Crippen LogP contribution in [0.5, 0.6) is 5.75 Å². The van der Waals surface area contributed by atoms with Crippen LogP contribution in [0.4, 0.5) is 0 Å². The van der Waals surface area contributed by atoms with Crippen LogP contribution in [0.3, 0.4) is 0 Å². The normalized spacial score (nSPS) is 11.9. The van der Waals surface area contributed by atoms with Gasteiger partial charge in [-0.05, 0) is 67.3 Å². The second kappa shape index (κ2) is 10.0. The minimum Gasteiger partial charge on any atom is -0.505 e. The van der Waals surface area contributed by atoms with Gasteiger partial charge in [0, 0.05) is 28.1 Å². The quantitative estimate of drug-likeness (QED) is 0.236. The molecule has 0 aliphatic rings. The van der Waals surface area contributed by atoms with Crippen LogP contribution in [0, 0.1) is 0 Å². The van der Waals surface area contributed by atoms with E-state index in [1.165, 1.54) is 10.8 Å². The Hall–Kier alpha value is -3.45. The molecule has 0 atom stereocenters. The van der Waals surface area contributed by atoms with Gasteiger partial charge in [0.1, 0.15) is 18.0 Å². The summed E-state index contributed by atoms with van der Waals surface area (Å²) in [6, 6.07) is 15.5. The van der Waals surface area contributed by atoms with Crippen LogP contribution in [0.2, 0.25) is 10.0 Å². The number of nitrogens with zero attached hydrogens (tertiary/aromatic N) is 4. The zero-order chi connectivity index (χ0) is 27.2. The first-order valence-corrected chi connectivity index (χ1v) is 15.1. The molecule has 3 aromatic heterocycles. The van der Waals surface area contributed by atoms with E-state index in [1.54, 1.807) is 61.9 Å². The molecule has 0 saturated carbocycles. The number of benzene rings is 2. The number of aromatic hydroxyl groups is 1. The van der Waals surface area contributed by atoms with Gasteiger partial charge in [-0.3, -0.25) is 18.9 Å². The van der Waals surface area contributed by atoms with Crippen LogP contribution in [0.25, 0.3) is 22.1 Å². The average molecular weight is 569 g/mol. The fourth-order valence-electron chi connectivity index (χ4n) is 4.42. The number of fused-ring (bicyclic) bond motifs is 2. The van der Waals surface area contributed by atoms with Crippen molar-refractivity contribution in [2.75, 3.05) is 13.3 Å². The molecule has 194 valence electrons. The van der Waals surface area contributed by atoms with E-state index in [0.29, 0.717) is 32.9 Å². The molecule has 5 rings (SSSR count). The highest BCUT2D eigenvalue weighted by atomic mass is 35.5. The zero-order valence-electron chi connectivity index (χ0n) is 20.6. The van der Waals surface area contributed by atoms with E-state index >= 15 is 0 Å². The summed E-state index contributed by atoms with van der Waals surface area (Å²) in [5, 5.41) is 12.6. The number of aromatic nitrogens is 4. The minimum atomic E-state index is -2.55. The highest BCUT2D eigenvalue weighted by Gasteiger charge is 2.21. The lowest BCUT2D eigenvalue weighted by atomic mass is 10.1. The first-order chi connectivity index (χ1) is 18.0. The maximum Gasteiger partial charge on any atom is 0.332 e. The molecule has 0 aliphatic heterocycles. The predicted octanol–water partition coefficient (Wildman–Crippen LogP) is 4.66. The van der Waals surface area contributed by atoms with E-state index in [2.05, 4.69) is 9.97 Å². The third-order valence-corrected chi connectivity index (χ3v) is 8.25. The lowest BCUT2D eigenvalue weighted by molar-refractivity contribution is 0.483. The molecular formula is C27H23Cl2N4O4P.